The summed E-state index contributed by atoms with van der Waals surface area (Å²) in [4.78, 5) is 20.0. The van der Waals surface area contributed by atoms with Crippen LogP contribution in [0.3, 0.4) is 0 Å². The normalized spacial score (nSPS) is 13.9. The van der Waals surface area contributed by atoms with Crippen LogP contribution in [0.4, 0.5) is 8.78 Å². The molecular formula is C26H22F2N4O5S. The number of carbonyl (C=O) groups excluding carboxylic acids is 1. The minimum Gasteiger partial charge on any atom is -0.506 e. The Hall–Kier alpha value is -4.42. The zero-order valence-electron chi connectivity index (χ0n) is 20.1. The van der Waals surface area contributed by atoms with Crippen molar-refractivity contribution in [2.24, 2.45) is 10.1 Å². The molecule has 12 heteroatoms. The number of para-hydroxylation sites is 2. The molecule has 0 aliphatic carbocycles. The number of aliphatic hydroxyl groups excluding tert-OH is 2. The monoisotopic (exact) mass is 540 g/mol. The Morgan fingerprint density at radius 1 is 1.05 bits per heavy atom. The second kappa shape index (κ2) is 10.1. The van der Waals surface area contributed by atoms with E-state index < -0.39 is 55.6 Å². The third kappa shape index (κ3) is 5.17. The molecule has 0 aliphatic heterocycles. The lowest BCUT2D eigenvalue weighted by atomic mass is 9.98. The summed E-state index contributed by atoms with van der Waals surface area (Å²) in [5.41, 5.74) is 5.93. The molecule has 3 aromatic carbocycles. The number of fused-ring (bicyclic) bond motifs is 1. The molecule has 0 spiro atoms. The van der Waals surface area contributed by atoms with Crippen molar-refractivity contribution in [3.05, 3.63) is 94.8 Å². The number of aliphatic hydroxyl groups is 2. The van der Waals surface area contributed by atoms with Gasteiger partial charge in [-0.15, -0.1) is 4.40 Å². The molecule has 4 rings (SSSR count). The zero-order chi connectivity index (χ0) is 27.8. The molecule has 4 aromatic rings. The van der Waals surface area contributed by atoms with Gasteiger partial charge in [-0.05, 0) is 55.8 Å². The number of sulfonamides is 1. The number of aromatic amines is 1. The van der Waals surface area contributed by atoms with E-state index in [2.05, 4.69) is 14.4 Å². The van der Waals surface area contributed by atoms with Gasteiger partial charge in [0, 0.05) is 11.1 Å². The van der Waals surface area contributed by atoms with E-state index in [1.807, 2.05) is 0 Å². The molecule has 0 unspecified atom stereocenters. The van der Waals surface area contributed by atoms with Crippen molar-refractivity contribution < 1.29 is 32.2 Å². The molecule has 38 heavy (non-hydrogen) atoms. The van der Waals surface area contributed by atoms with Gasteiger partial charge in [0.2, 0.25) is 5.78 Å². The molecule has 196 valence electrons. The number of Topliss-reactive ketones (excluding diaryl/α,β-unsaturated/α-hetero) is 1. The van der Waals surface area contributed by atoms with Gasteiger partial charge in [-0.1, -0.05) is 24.3 Å². The van der Waals surface area contributed by atoms with E-state index in [4.69, 9.17) is 5.73 Å². The molecule has 0 amide bonds. The lowest BCUT2D eigenvalue weighted by Crippen LogP contribution is -2.27. The lowest BCUT2D eigenvalue weighted by molar-refractivity contribution is 0.105. The topological polar surface area (TPSA) is 159 Å². The first kappa shape index (κ1) is 26.6. The Balaban J connectivity index is 1.92. The summed E-state index contributed by atoms with van der Waals surface area (Å²) in [6.07, 6.45) is -1.42. The number of hydrogen-bond acceptors (Lipinski definition) is 6. The van der Waals surface area contributed by atoms with Crippen LogP contribution in [0.2, 0.25) is 0 Å². The molecule has 9 nitrogen and oxygen atoms in total. The number of imidazole rings is 1. The van der Waals surface area contributed by atoms with E-state index in [1.54, 1.807) is 24.3 Å². The van der Waals surface area contributed by atoms with Gasteiger partial charge in [0.25, 0.3) is 10.0 Å². The second-order valence-corrected chi connectivity index (χ2v) is 10.0. The number of ketones is 1. The molecule has 0 saturated heterocycles. The molecule has 0 bridgehead atoms. The first-order valence-electron chi connectivity index (χ1n) is 11.2. The number of amidine groups is 1. The van der Waals surface area contributed by atoms with Crippen LogP contribution in [0.5, 0.6) is 0 Å². The van der Waals surface area contributed by atoms with Crippen molar-refractivity contribution in [1.29, 1.82) is 0 Å². The van der Waals surface area contributed by atoms with Gasteiger partial charge in [0.15, 0.2) is 0 Å². The number of nitrogens with two attached hydrogens (primary N) is 1. The highest BCUT2D eigenvalue weighted by atomic mass is 32.2. The lowest BCUT2D eigenvalue weighted by Gasteiger charge is -2.11. The fourth-order valence-corrected chi connectivity index (χ4v) is 4.65. The first-order valence-corrected chi connectivity index (χ1v) is 12.6. The van der Waals surface area contributed by atoms with Gasteiger partial charge in [-0.3, -0.25) is 4.79 Å². The number of hydrogen-bond donors (Lipinski definition) is 4. The van der Waals surface area contributed by atoms with Gasteiger partial charge in [0.05, 0.1) is 11.0 Å². The van der Waals surface area contributed by atoms with Gasteiger partial charge in [-0.2, -0.15) is 8.42 Å². The standard InChI is InChI=1S/C26H22F2N4O5S/c1-13-7-8-15(11-18(13)28)23(34)22(26-30-19-5-3-4-6-20(19)31-26)24(35)16-9-10-17(27)21(12-16)38(36,37)32-25(29)14(2)33/h3-12,14,33-34H,1-2H3,(H2,29,32)(H,30,31)/b23-22+/t14-/m1/s1. The van der Waals surface area contributed by atoms with Crippen molar-refractivity contribution in [3.63, 3.8) is 0 Å². The van der Waals surface area contributed by atoms with Crippen LogP contribution in [0.15, 0.2) is 70.0 Å². The van der Waals surface area contributed by atoms with Crippen LogP contribution < -0.4 is 5.73 Å². The molecule has 0 aliphatic rings. The quantitative estimate of drug-likeness (QED) is 0.0910. The second-order valence-electron chi connectivity index (χ2n) is 8.43. The summed E-state index contributed by atoms with van der Waals surface area (Å²) in [6, 6.07) is 13.1. The Bertz CT molecular complexity index is 1710. The Labute approximate surface area is 216 Å². The van der Waals surface area contributed by atoms with Crippen molar-refractivity contribution >= 4 is 44.0 Å². The van der Waals surface area contributed by atoms with E-state index in [1.165, 1.54) is 26.0 Å². The average molecular weight is 541 g/mol. The van der Waals surface area contributed by atoms with Gasteiger partial charge >= 0.3 is 0 Å². The van der Waals surface area contributed by atoms with Gasteiger partial charge < -0.3 is 20.9 Å². The van der Waals surface area contributed by atoms with Crippen molar-refractivity contribution in [2.75, 3.05) is 0 Å². The van der Waals surface area contributed by atoms with E-state index in [0.717, 1.165) is 24.3 Å². The minimum absolute atomic E-state index is 0.0406. The summed E-state index contributed by atoms with van der Waals surface area (Å²) in [5.74, 6) is -4.19. The smallest absolute Gasteiger partial charge is 0.286 e. The molecule has 0 saturated carbocycles. The maximum absolute atomic E-state index is 14.6. The van der Waals surface area contributed by atoms with E-state index in [9.17, 15) is 32.2 Å². The van der Waals surface area contributed by atoms with E-state index in [0.29, 0.717) is 16.6 Å². The van der Waals surface area contributed by atoms with Gasteiger partial charge in [-0.25, -0.2) is 13.8 Å². The SMILES string of the molecule is Cc1ccc(/C(O)=C(/C(=O)c2ccc(F)c(S(=O)(=O)/N=C(\N)[C@@H](C)O)c2)c2nc3ccccc3[nH]2)cc1F. The summed E-state index contributed by atoms with van der Waals surface area (Å²) in [5, 5.41) is 20.6. The number of allylic oxidation sites excluding steroid dienone is 1. The number of rotatable bonds is 7. The average Bonchev–Trinajstić information content (AvgIpc) is 3.29. The third-order valence-electron chi connectivity index (χ3n) is 5.66. The highest BCUT2D eigenvalue weighted by molar-refractivity contribution is 7.90. The van der Waals surface area contributed by atoms with Crippen LogP contribution in [0.25, 0.3) is 22.4 Å². The number of halogens is 2. The summed E-state index contributed by atoms with van der Waals surface area (Å²) >= 11 is 0. The molecular weight excluding hydrogens is 518 g/mol. The number of benzene rings is 3. The first-order chi connectivity index (χ1) is 17.9. The van der Waals surface area contributed by atoms with E-state index in [-0.39, 0.29) is 17.0 Å². The Kier molecular flexibility index (Phi) is 7.11. The largest absolute Gasteiger partial charge is 0.506 e. The zero-order valence-corrected chi connectivity index (χ0v) is 20.9. The Morgan fingerprint density at radius 2 is 1.74 bits per heavy atom. The van der Waals surface area contributed by atoms with Crippen LogP contribution in [-0.2, 0) is 10.0 Å². The van der Waals surface area contributed by atoms with Gasteiger partial charge in [0.1, 0.15) is 45.6 Å². The number of nitrogens with zero attached hydrogens (tertiary/aromatic N) is 2. The van der Waals surface area contributed by atoms with Crippen molar-refractivity contribution in [3.8, 4) is 0 Å². The van der Waals surface area contributed by atoms with Crippen LogP contribution in [0, 0.1) is 18.6 Å². The van der Waals surface area contributed by atoms with Crippen LogP contribution in [-0.4, -0.2) is 46.3 Å². The van der Waals surface area contributed by atoms with Crippen molar-refractivity contribution in [2.45, 2.75) is 24.8 Å². The summed E-state index contributed by atoms with van der Waals surface area (Å²) in [7, 11) is -4.76. The van der Waals surface area contributed by atoms with Crippen molar-refractivity contribution in [1.82, 2.24) is 9.97 Å². The predicted molar refractivity (Wildman–Crippen MR) is 138 cm³/mol. The number of H-pyrrole nitrogens is 1. The molecule has 1 aromatic heterocycles. The molecule has 5 N–H and O–H groups in total. The van der Waals surface area contributed by atoms with E-state index >= 15 is 0 Å². The minimum atomic E-state index is -4.76. The summed E-state index contributed by atoms with van der Waals surface area (Å²) < 4.78 is 57.4. The number of aromatic nitrogens is 2. The fourth-order valence-electron chi connectivity index (χ4n) is 3.53. The molecule has 0 radical (unpaired) electrons. The third-order valence-corrected chi connectivity index (χ3v) is 6.98. The highest BCUT2D eigenvalue weighted by Crippen LogP contribution is 2.30. The highest BCUT2D eigenvalue weighted by Gasteiger charge is 2.27. The molecule has 1 heterocycles. The maximum atomic E-state index is 14.6. The number of carbonyl (C=O) groups is 1. The number of aryl methyl sites for hydroxylation is 1. The Morgan fingerprint density at radius 3 is 2.39 bits per heavy atom. The molecule has 0 fully saturated rings. The maximum Gasteiger partial charge on any atom is 0.286 e. The van der Waals surface area contributed by atoms with Crippen LogP contribution in [0.1, 0.15) is 34.2 Å². The summed E-state index contributed by atoms with van der Waals surface area (Å²) in [6.45, 7) is 2.70. The van der Waals surface area contributed by atoms with Crippen LogP contribution >= 0.6 is 0 Å². The molecule has 1 atom stereocenters. The number of nitrogens with one attached hydrogen (secondary N) is 1. The predicted octanol–water partition coefficient (Wildman–Crippen LogP) is 3.89. The fraction of sp³-hybridized carbons (Fsp3) is 0.115.